The Labute approximate surface area is 143 Å². The van der Waals surface area contributed by atoms with Gasteiger partial charge in [0.1, 0.15) is 18.1 Å². The monoisotopic (exact) mass is 325 g/mol. The van der Waals surface area contributed by atoms with Crippen LogP contribution in [0.5, 0.6) is 11.5 Å². The van der Waals surface area contributed by atoms with Gasteiger partial charge in [0.25, 0.3) is 5.91 Å². The van der Waals surface area contributed by atoms with Crippen LogP contribution in [0.2, 0.25) is 0 Å². The standard InChI is InChI=1S/C20H23NO3/c1-15(2)13-16-7-9-17(10-8-16)23-12-11-21-18-5-3-4-6-19(18)24-14-20(21)22/h3-10,15H,11-14H2,1-2H3. The summed E-state index contributed by atoms with van der Waals surface area (Å²) in [5.41, 5.74) is 2.12. The quantitative estimate of drug-likeness (QED) is 0.813. The number of rotatable bonds is 6. The molecule has 0 spiro atoms. The van der Waals surface area contributed by atoms with Gasteiger partial charge in [-0.05, 0) is 42.2 Å². The van der Waals surface area contributed by atoms with Crippen LogP contribution in [0.1, 0.15) is 19.4 Å². The topological polar surface area (TPSA) is 38.8 Å². The number of amides is 1. The van der Waals surface area contributed by atoms with Crippen molar-refractivity contribution in [1.29, 1.82) is 0 Å². The molecule has 0 saturated carbocycles. The maximum absolute atomic E-state index is 12.1. The van der Waals surface area contributed by atoms with E-state index in [1.165, 1.54) is 5.56 Å². The van der Waals surface area contributed by atoms with Crippen molar-refractivity contribution >= 4 is 11.6 Å². The molecule has 0 atom stereocenters. The second-order valence-corrected chi connectivity index (χ2v) is 6.39. The molecule has 1 amide bonds. The van der Waals surface area contributed by atoms with Crippen molar-refractivity contribution in [3.8, 4) is 11.5 Å². The molecule has 2 aromatic carbocycles. The van der Waals surface area contributed by atoms with E-state index < -0.39 is 0 Å². The van der Waals surface area contributed by atoms with Gasteiger partial charge in [0.15, 0.2) is 6.61 Å². The summed E-state index contributed by atoms with van der Waals surface area (Å²) < 4.78 is 11.2. The van der Waals surface area contributed by atoms with Crippen molar-refractivity contribution in [2.75, 3.05) is 24.7 Å². The molecule has 0 fully saturated rings. The van der Waals surface area contributed by atoms with Crippen LogP contribution >= 0.6 is 0 Å². The summed E-state index contributed by atoms with van der Waals surface area (Å²) in [6.45, 7) is 5.46. The third-order valence-electron chi connectivity index (χ3n) is 3.96. The Bertz CT molecular complexity index is 694. The average molecular weight is 325 g/mol. The third kappa shape index (κ3) is 3.88. The smallest absolute Gasteiger partial charge is 0.265 e. The van der Waals surface area contributed by atoms with Gasteiger partial charge in [0.05, 0.1) is 12.2 Å². The second-order valence-electron chi connectivity index (χ2n) is 6.39. The first-order chi connectivity index (χ1) is 11.6. The molecule has 0 radical (unpaired) electrons. The molecule has 1 aliphatic rings. The van der Waals surface area contributed by atoms with Gasteiger partial charge in [-0.1, -0.05) is 38.1 Å². The minimum Gasteiger partial charge on any atom is -0.492 e. The molecule has 126 valence electrons. The zero-order valence-corrected chi connectivity index (χ0v) is 14.2. The summed E-state index contributed by atoms with van der Waals surface area (Å²) >= 11 is 0. The minimum absolute atomic E-state index is 0.0374. The van der Waals surface area contributed by atoms with Crippen molar-refractivity contribution in [3.63, 3.8) is 0 Å². The predicted molar refractivity (Wildman–Crippen MR) is 94.8 cm³/mol. The number of nitrogens with zero attached hydrogens (tertiary/aromatic N) is 1. The highest BCUT2D eigenvalue weighted by Crippen LogP contribution is 2.31. The maximum Gasteiger partial charge on any atom is 0.265 e. The molecule has 0 unspecified atom stereocenters. The summed E-state index contributed by atoms with van der Waals surface area (Å²) in [6.07, 6.45) is 1.07. The summed E-state index contributed by atoms with van der Waals surface area (Å²) in [4.78, 5) is 13.8. The van der Waals surface area contributed by atoms with E-state index in [0.29, 0.717) is 19.1 Å². The highest BCUT2D eigenvalue weighted by molar-refractivity contribution is 5.97. The fourth-order valence-corrected chi connectivity index (χ4v) is 2.85. The first-order valence-corrected chi connectivity index (χ1v) is 8.37. The van der Waals surface area contributed by atoms with Crippen LogP contribution in [-0.2, 0) is 11.2 Å². The Kier molecular flexibility index (Phi) is 5.04. The minimum atomic E-state index is -0.0374. The highest BCUT2D eigenvalue weighted by Gasteiger charge is 2.24. The van der Waals surface area contributed by atoms with Gasteiger partial charge < -0.3 is 14.4 Å². The Hall–Kier alpha value is -2.49. The largest absolute Gasteiger partial charge is 0.492 e. The maximum atomic E-state index is 12.1. The molecule has 24 heavy (non-hydrogen) atoms. The Morgan fingerprint density at radius 3 is 2.62 bits per heavy atom. The Morgan fingerprint density at radius 2 is 1.88 bits per heavy atom. The summed E-state index contributed by atoms with van der Waals surface area (Å²) in [5, 5.41) is 0. The molecule has 1 heterocycles. The number of ether oxygens (including phenoxy) is 2. The second kappa shape index (κ2) is 7.39. The van der Waals surface area contributed by atoms with Crippen LogP contribution < -0.4 is 14.4 Å². The van der Waals surface area contributed by atoms with Crippen LogP contribution in [0, 0.1) is 5.92 Å². The van der Waals surface area contributed by atoms with E-state index in [9.17, 15) is 4.79 Å². The number of para-hydroxylation sites is 2. The van der Waals surface area contributed by atoms with Crippen LogP contribution in [0.25, 0.3) is 0 Å². The molecule has 4 nitrogen and oxygen atoms in total. The van der Waals surface area contributed by atoms with Crippen molar-refractivity contribution < 1.29 is 14.3 Å². The lowest BCUT2D eigenvalue weighted by Gasteiger charge is -2.29. The number of benzene rings is 2. The van der Waals surface area contributed by atoms with Crippen LogP contribution in [-0.4, -0.2) is 25.7 Å². The Morgan fingerprint density at radius 1 is 1.12 bits per heavy atom. The van der Waals surface area contributed by atoms with Gasteiger partial charge in [0.2, 0.25) is 0 Å². The lowest BCUT2D eigenvalue weighted by atomic mass is 10.0. The molecule has 2 aromatic rings. The van der Waals surface area contributed by atoms with Crippen LogP contribution in [0.4, 0.5) is 5.69 Å². The lowest BCUT2D eigenvalue weighted by Crippen LogP contribution is -2.41. The van der Waals surface area contributed by atoms with E-state index in [2.05, 4.69) is 26.0 Å². The van der Waals surface area contributed by atoms with Crippen LogP contribution in [0.15, 0.2) is 48.5 Å². The number of fused-ring (bicyclic) bond motifs is 1. The fraction of sp³-hybridized carbons (Fsp3) is 0.350. The summed E-state index contributed by atoms with van der Waals surface area (Å²) in [7, 11) is 0. The SMILES string of the molecule is CC(C)Cc1ccc(OCCN2C(=O)COc3ccccc32)cc1. The molecule has 0 bridgehead atoms. The zero-order valence-electron chi connectivity index (χ0n) is 14.2. The zero-order chi connectivity index (χ0) is 16.9. The van der Waals surface area contributed by atoms with Gasteiger partial charge in [-0.2, -0.15) is 0 Å². The van der Waals surface area contributed by atoms with Gasteiger partial charge in [0, 0.05) is 0 Å². The molecular formula is C20H23NO3. The van der Waals surface area contributed by atoms with Crippen LogP contribution in [0.3, 0.4) is 0 Å². The van der Waals surface area contributed by atoms with E-state index >= 15 is 0 Å². The first kappa shape index (κ1) is 16.4. The summed E-state index contributed by atoms with van der Waals surface area (Å²) in [6, 6.07) is 15.8. The molecule has 4 heteroatoms. The van der Waals surface area contributed by atoms with Crippen molar-refractivity contribution in [2.24, 2.45) is 5.92 Å². The van der Waals surface area contributed by atoms with E-state index in [-0.39, 0.29) is 12.5 Å². The van der Waals surface area contributed by atoms with Crippen molar-refractivity contribution in [1.82, 2.24) is 0 Å². The van der Waals surface area contributed by atoms with Gasteiger partial charge >= 0.3 is 0 Å². The highest BCUT2D eigenvalue weighted by atomic mass is 16.5. The Balaban J connectivity index is 1.57. The number of anilines is 1. The predicted octanol–water partition coefficient (Wildman–Crippen LogP) is 3.69. The molecule has 0 saturated heterocycles. The third-order valence-corrected chi connectivity index (χ3v) is 3.96. The normalized spacial score (nSPS) is 13.6. The average Bonchev–Trinajstić information content (AvgIpc) is 2.58. The molecule has 0 N–H and O–H groups in total. The van der Waals surface area contributed by atoms with Gasteiger partial charge in [-0.25, -0.2) is 0 Å². The van der Waals surface area contributed by atoms with Gasteiger partial charge in [-0.3, -0.25) is 4.79 Å². The van der Waals surface area contributed by atoms with E-state index in [0.717, 1.165) is 23.6 Å². The number of hydrogen-bond acceptors (Lipinski definition) is 3. The number of carbonyl (C=O) groups excluding carboxylic acids is 1. The molecule has 1 aliphatic heterocycles. The van der Waals surface area contributed by atoms with E-state index in [1.807, 2.05) is 36.4 Å². The fourth-order valence-electron chi connectivity index (χ4n) is 2.85. The lowest BCUT2D eigenvalue weighted by molar-refractivity contribution is -0.121. The number of hydrogen-bond donors (Lipinski definition) is 0. The number of carbonyl (C=O) groups is 1. The van der Waals surface area contributed by atoms with E-state index in [1.54, 1.807) is 4.90 Å². The molecule has 3 rings (SSSR count). The van der Waals surface area contributed by atoms with Crippen molar-refractivity contribution in [2.45, 2.75) is 20.3 Å². The van der Waals surface area contributed by atoms with Gasteiger partial charge in [-0.15, -0.1) is 0 Å². The van der Waals surface area contributed by atoms with E-state index in [4.69, 9.17) is 9.47 Å². The summed E-state index contributed by atoms with van der Waals surface area (Å²) in [5.74, 6) is 2.18. The molecule has 0 aromatic heterocycles. The molecule has 0 aliphatic carbocycles. The molecular weight excluding hydrogens is 302 g/mol. The first-order valence-electron chi connectivity index (χ1n) is 8.37. The van der Waals surface area contributed by atoms with Crippen molar-refractivity contribution in [3.05, 3.63) is 54.1 Å².